The highest BCUT2D eigenvalue weighted by Crippen LogP contribution is 2.25. The number of amides is 2. The molecule has 0 saturated carbocycles. The molecule has 134 valence electrons. The number of benzene rings is 1. The highest BCUT2D eigenvalue weighted by atomic mass is 35.5. The first-order valence-corrected chi connectivity index (χ1v) is 8.04. The van der Waals surface area contributed by atoms with Gasteiger partial charge in [0.25, 0.3) is 5.95 Å². The van der Waals surface area contributed by atoms with Crippen LogP contribution in [0.2, 0.25) is 5.02 Å². The van der Waals surface area contributed by atoms with E-state index in [1.807, 2.05) is 0 Å². The van der Waals surface area contributed by atoms with Crippen molar-refractivity contribution >= 4 is 23.3 Å². The van der Waals surface area contributed by atoms with Crippen LogP contribution >= 0.6 is 11.6 Å². The van der Waals surface area contributed by atoms with Crippen LogP contribution in [0.5, 0.6) is 0 Å². The predicted molar refractivity (Wildman–Crippen MR) is 93.7 cm³/mol. The Morgan fingerprint density at radius 2 is 2.00 bits per heavy atom. The SMILES string of the molecule is Cc1cc(NC(=O)NC(C)c2ncnn2-c2ncccn2)c(Cl)cc1F. The lowest BCUT2D eigenvalue weighted by molar-refractivity contribution is 0.248. The van der Waals surface area contributed by atoms with Gasteiger partial charge in [-0.3, -0.25) is 0 Å². The summed E-state index contributed by atoms with van der Waals surface area (Å²) in [6.45, 7) is 3.32. The molecule has 2 heterocycles. The second-order valence-corrected chi connectivity index (χ2v) is 5.89. The molecule has 2 N–H and O–H groups in total. The number of anilines is 1. The molecule has 2 amide bonds. The van der Waals surface area contributed by atoms with Crippen molar-refractivity contribution in [2.75, 3.05) is 5.32 Å². The number of urea groups is 1. The molecule has 2 aromatic heterocycles. The van der Waals surface area contributed by atoms with Crippen molar-refractivity contribution in [1.82, 2.24) is 30.0 Å². The van der Waals surface area contributed by atoms with Crippen molar-refractivity contribution in [1.29, 1.82) is 0 Å². The average molecular weight is 376 g/mol. The number of aryl methyl sites for hydroxylation is 1. The third kappa shape index (κ3) is 3.77. The van der Waals surface area contributed by atoms with Crippen LogP contribution < -0.4 is 10.6 Å². The number of carbonyl (C=O) groups excluding carboxylic acids is 1. The largest absolute Gasteiger partial charge is 0.328 e. The number of aromatic nitrogens is 5. The van der Waals surface area contributed by atoms with Gasteiger partial charge in [-0.15, -0.1) is 0 Å². The summed E-state index contributed by atoms with van der Waals surface area (Å²) < 4.78 is 14.9. The van der Waals surface area contributed by atoms with Gasteiger partial charge in [0.2, 0.25) is 0 Å². The maximum Gasteiger partial charge on any atom is 0.319 e. The van der Waals surface area contributed by atoms with E-state index in [0.717, 1.165) is 6.07 Å². The monoisotopic (exact) mass is 375 g/mol. The summed E-state index contributed by atoms with van der Waals surface area (Å²) in [5.41, 5.74) is 0.682. The van der Waals surface area contributed by atoms with Gasteiger partial charge in [-0.05, 0) is 37.6 Å². The van der Waals surface area contributed by atoms with Crippen molar-refractivity contribution < 1.29 is 9.18 Å². The maximum atomic E-state index is 13.5. The van der Waals surface area contributed by atoms with Crippen LogP contribution in [0.25, 0.3) is 5.95 Å². The van der Waals surface area contributed by atoms with E-state index in [4.69, 9.17) is 11.6 Å². The third-order valence-electron chi connectivity index (χ3n) is 3.55. The molecule has 26 heavy (non-hydrogen) atoms. The highest BCUT2D eigenvalue weighted by molar-refractivity contribution is 6.33. The van der Waals surface area contributed by atoms with Gasteiger partial charge in [0.1, 0.15) is 12.1 Å². The maximum absolute atomic E-state index is 13.5. The molecule has 10 heteroatoms. The summed E-state index contributed by atoms with van der Waals surface area (Å²) in [6.07, 6.45) is 4.51. The van der Waals surface area contributed by atoms with Gasteiger partial charge in [-0.25, -0.2) is 24.1 Å². The Bertz CT molecular complexity index is 932. The van der Waals surface area contributed by atoms with E-state index in [1.165, 1.54) is 17.1 Å². The molecule has 0 spiro atoms. The van der Waals surface area contributed by atoms with Gasteiger partial charge in [0.05, 0.1) is 16.8 Å². The Labute approximate surface area is 153 Å². The molecular formula is C16H15ClFN7O. The van der Waals surface area contributed by atoms with Crippen molar-refractivity contribution in [2.45, 2.75) is 19.9 Å². The first-order valence-electron chi connectivity index (χ1n) is 7.66. The quantitative estimate of drug-likeness (QED) is 0.730. The minimum atomic E-state index is -0.520. The van der Waals surface area contributed by atoms with E-state index in [1.54, 1.807) is 32.3 Å². The molecule has 0 aliphatic heterocycles. The first kappa shape index (κ1) is 17.7. The summed E-state index contributed by atoms with van der Waals surface area (Å²) in [5.74, 6) is 0.351. The molecule has 0 aliphatic carbocycles. The molecule has 3 aromatic rings. The number of nitrogens with zero attached hydrogens (tertiary/aromatic N) is 5. The standard InChI is InChI=1S/C16H15ClFN7O/c1-9-6-13(11(17)7-12(9)18)24-16(26)23-10(2)14-21-8-22-25(14)15-19-4-3-5-20-15/h3-8,10H,1-2H3,(H2,23,24,26). The van der Waals surface area contributed by atoms with Gasteiger partial charge in [0.15, 0.2) is 5.82 Å². The van der Waals surface area contributed by atoms with Crippen LogP contribution in [0.1, 0.15) is 24.4 Å². The van der Waals surface area contributed by atoms with Crippen molar-refractivity contribution in [3.8, 4) is 5.95 Å². The normalized spacial score (nSPS) is 11.8. The Hall–Kier alpha value is -3.07. The van der Waals surface area contributed by atoms with E-state index in [0.29, 0.717) is 23.0 Å². The van der Waals surface area contributed by atoms with Crippen LogP contribution in [0, 0.1) is 12.7 Å². The summed E-state index contributed by atoms with van der Waals surface area (Å²) in [6, 6.07) is 3.28. The summed E-state index contributed by atoms with van der Waals surface area (Å²) >= 11 is 5.96. The van der Waals surface area contributed by atoms with Crippen LogP contribution in [0.15, 0.2) is 36.9 Å². The second-order valence-electron chi connectivity index (χ2n) is 5.48. The Morgan fingerprint density at radius 3 is 2.73 bits per heavy atom. The van der Waals surface area contributed by atoms with E-state index < -0.39 is 17.9 Å². The molecule has 1 atom stereocenters. The Balaban J connectivity index is 1.73. The van der Waals surface area contributed by atoms with Crippen molar-refractivity contribution in [2.24, 2.45) is 0 Å². The van der Waals surface area contributed by atoms with Crippen molar-refractivity contribution in [3.05, 3.63) is 59.1 Å². The fourth-order valence-corrected chi connectivity index (χ4v) is 2.47. The molecular weight excluding hydrogens is 361 g/mol. The fourth-order valence-electron chi connectivity index (χ4n) is 2.27. The summed E-state index contributed by atoms with van der Waals surface area (Å²) in [7, 11) is 0. The summed E-state index contributed by atoms with van der Waals surface area (Å²) in [4.78, 5) is 24.6. The predicted octanol–water partition coefficient (Wildman–Crippen LogP) is 3.04. The smallest absolute Gasteiger partial charge is 0.319 e. The minimum Gasteiger partial charge on any atom is -0.328 e. The zero-order valence-corrected chi connectivity index (χ0v) is 14.7. The number of rotatable bonds is 4. The van der Waals surface area contributed by atoms with Crippen LogP contribution in [0.4, 0.5) is 14.9 Å². The molecule has 1 aromatic carbocycles. The lowest BCUT2D eigenvalue weighted by Crippen LogP contribution is -2.32. The van der Waals surface area contributed by atoms with Gasteiger partial charge >= 0.3 is 6.03 Å². The van der Waals surface area contributed by atoms with Gasteiger partial charge in [-0.2, -0.15) is 9.78 Å². The molecule has 0 saturated heterocycles. The number of nitrogens with one attached hydrogen (secondary N) is 2. The molecule has 0 bridgehead atoms. The highest BCUT2D eigenvalue weighted by Gasteiger charge is 2.18. The van der Waals surface area contributed by atoms with Crippen LogP contribution in [-0.2, 0) is 0 Å². The molecule has 8 nitrogen and oxygen atoms in total. The molecule has 3 rings (SSSR count). The van der Waals surface area contributed by atoms with E-state index in [9.17, 15) is 9.18 Å². The molecule has 0 fully saturated rings. The lowest BCUT2D eigenvalue weighted by atomic mass is 10.2. The zero-order valence-electron chi connectivity index (χ0n) is 13.9. The minimum absolute atomic E-state index is 0.108. The average Bonchev–Trinajstić information content (AvgIpc) is 3.10. The third-order valence-corrected chi connectivity index (χ3v) is 3.86. The number of hydrogen-bond acceptors (Lipinski definition) is 5. The zero-order chi connectivity index (χ0) is 18.7. The first-order chi connectivity index (χ1) is 12.5. The number of halogens is 2. The van der Waals surface area contributed by atoms with E-state index in [-0.39, 0.29) is 5.02 Å². The second kappa shape index (κ2) is 7.44. The van der Waals surface area contributed by atoms with Crippen molar-refractivity contribution in [3.63, 3.8) is 0 Å². The van der Waals surface area contributed by atoms with Gasteiger partial charge < -0.3 is 10.6 Å². The van der Waals surface area contributed by atoms with E-state index >= 15 is 0 Å². The van der Waals surface area contributed by atoms with Gasteiger partial charge in [0, 0.05) is 12.4 Å². The Morgan fingerprint density at radius 1 is 1.27 bits per heavy atom. The van der Waals surface area contributed by atoms with Gasteiger partial charge in [-0.1, -0.05) is 11.6 Å². The lowest BCUT2D eigenvalue weighted by Gasteiger charge is -2.15. The number of carbonyl (C=O) groups is 1. The topological polar surface area (TPSA) is 97.6 Å². The summed E-state index contributed by atoms with van der Waals surface area (Å²) in [5, 5.41) is 9.50. The number of hydrogen-bond donors (Lipinski definition) is 2. The molecule has 0 radical (unpaired) electrons. The molecule has 1 unspecified atom stereocenters. The van der Waals surface area contributed by atoms with Crippen LogP contribution in [0.3, 0.4) is 0 Å². The van der Waals surface area contributed by atoms with E-state index in [2.05, 4.69) is 30.7 Å². The molecule has 0 aliphatic rings. The van der Waals surface area contributed by atoms with Crippen LogP contribution in [-0.4, -0.2) is 30.8 Å². The Kier molecular flexibility index (Phi) is 5.08. The fraction of sp³-hybridized carbons (Fsp3) is 0.188.